The Balaban J connectivity index is 1.48. The number of benzene rings is 1. The van der Waals surface area contributed by atoms with Gasteiger partial charge in [0.2, 0.25) is 5.91 Å². The maximum absolute atomic E-state index is 12.8. The predicted molar refractivity (Wildman–Crippen MR) is 84.4 cm³/mol. The Bertz CT molecular complexity index is 574. The second kappa shape index (κ2) is 5.17. The largest absolute Gasteiger partial charge is 0.335 e. The second-order valence-corrected chi connectivity index (χ2v) is 7.68. The highest BCUT2D eigenvalue weighted by Crippen LogP contribution is 2.55. The zero-order valence-corrected chi connectivity index (χ0v) is 13.4. The fourth-order valence-electron chi connectivity index (χ4n) is 3.76. The summed E-state index contributed by atoms with van der Waals surface area (Å²) >= 11 is 12.1. The van der Waals surface area contributed by atoms with Crippen LogP contribution < -0.4 is 0 Å². The Labute approximate surface area is 135 Å². The summed E-state index contributed by atoms with van der Waals surface area (Å²) < 4.78 is 0. The Morgan fingerprint density at radius 3 is 2.43 bits per heavy atom. The fraction of sp³-hybridized carbons (Fsp3) is 0.588. The lowest BCUT2D eigenvalue weighted by Gasteiger charge is -2.26. The van der Waals surface area contributed by atoms with Gasteiger partial charge in [-0.15, -0.1) is 0 Å². The summed E-state index contributed by atoms with van der Waals surface area (Å²) in [7, 11) is 0. The number of carbonyl (C=O) groups is 1. The first kappa shape index (κ1) is 13.9. The molecule has 0 spiro atoms. The molecule has 3 saturated carbocycles. The number of hydrogen-bond donors (Lipinski definition) is 0. The lowest BCUT2D eigenvalue weighted by atomic mass is 10.0. The van der Waals surface area contributed by atoms with Crippen molar-refractivity contribution in [1.29, 1.82) is 0 Å². The molecule has 0 saturated heterocycles. The van der Waals surface area contributed by atoms with Gasteiger partial charge in [-0.05, 0) is 61.6 Å². The molecule has 2 atom stereocenters. The monoisotopic (exact) mass is 323 g/mol. The summed E-state index contributed by atoms with van der Waals surface area (Å²) in [5, 5.41) is 1.14. The first-order valence-corrected chi connectivity index (χ1v) is 8.62. The van der Waals surface area contributed by atoms with Gasteiger partial charge in [0.05, 0.1) is 10.0 Å². The van der Waals surface area contributed by atoms with Crippen LogP contribution in [-0.4, -0.2) is 16.8 Å². The maximum atomic E-state index is 12.8. The van der Waals surface area contributed by atoms with E-state index in [4.69, 9.17) is 23.2 Å². The smallest absolute Gasteiger partial charge is 0.226 e. The van der Waals surface area contributed by atoms with Gasteiger partial charge in [-0.1, -0.05) is 29.3 Å². The van der Waals surface area contributed by atoms with Crippen LogP contribution in [0.2, 0.25) is 10.0 Å². The highest BCUT2D eigenvalue weighted by molar-refractivity contribution is 6.42. The lowest BCUT2D eigenvalue weighted by Crippen LogP contribution is -2.37. The molecule has 0 bridgehead atoms. The molecule has 21 heavy (non-hydrogen) atoms. The number of carbonyl (C=O) groups excluding carboxylic acids is 1. The molecule has 0 aromatic heterocycles. The number of nitrogens with zero attached hydrogens (tertiary/aromatic N) is 1. The van der Waals surface area contributed by atoms with Gasteiger partial charge in [-0.25, -0.2) is 0 Å². The average molecular weight is 324 g/mol. The molecule has 1 aromatic carbocycles. The van der Waals surface area contributed by atoms with Crippen molar-refractivity contribution in [3.8, 4) is 0 Å². The molecule has 2 unspecified atom stereocenters. The van der Waals surface area contributed by atoms with Crippen molar-refractivity contribution in [2.24, 2.45) is 17.8 Å². The van der Waals surface area contributed by atoms with E-state index in [1.54, 1.807) is 0 Å². The van der Waals surface area contributed by atoms with Gasteiger partial charge >= 0.3 is 0 Å². The van der Waals surface area contributed by atoms with Gasteiger partial charge in [-0.3, -0.25) is 4.79 Å². The van der Waals surface area contributed by atoms with Crippen molar-refractivity contribution in [1.82, 2.24) is 4.90 Å². The van der Waals surface area contributed by atoms with Crippen molar-refractivity contribution in [3.63, 3.8) is 0 Å². The van der Waals surface area contributed by atoms with Crippen LogP contribution in [-0.2, 0) is 11.3 Å². The molecule has 4 rings (SSSR count). The molecule has 3 fully saturated rings. The molecule has 0 aliphatic heterocycles. The highest BCUT2D eigenvalue weighted by Gasteiger charge is 2.49. The van der Waals surface area contributed by atoms with E-state index in [1.165, 1.54) is 6.42 Å². The highest BCUT2D eigenvalue weighted by atomic mass is 35.5. The van der Waals surface area contributed by atoms with Crippen molar-refractivity contribution in [3.05, 3.63) is 33.8 Å². The Hall–Kier alpha value is -0.730. The van der Waals surface area contributed by atoms with Gasteiger partial charge in [0.15, 0.2) is 0 Å². The van der Waals surface area contributed by atoms with E-state index in [9.17, 15) is 4.79 Å². The number of halogens is 2. The Morgan fingerprint density at radius 2 is 1.81 bits per heavy atom. The molecule has 1 amide bonds. The molecule has 112 valence electrons. The first-order valence-electron chi connectivity index (χ1n) is 7.86. The summed E-state index contributed by atoms with van der Waals surface area (Å²) in [5.41, 5.74) is 1.08. The Morgan fingerprint density at radius 1 is 1.10 bits per heavy atom. The summed E-state index contributed by atoms with van der Waals surface area (Å²) in [4.78, 5) is 14.9. The topological polar surface area (TPSA) is 20.3 Å². The average Bonchev–Trinajstić information content (AvgIpc) is 3.39. The van der Waals surface area contributed by atoms with Crippen molar-refractivity contribution in [2.45, 2.75) is 44.7 Å². The second-order valence-electron chi connectivity index (χ2n) is 6.87. The van der Waals surface area contributed by atoms with Gasteiger partial charge in [0.25, 0.3) is 0 Å². The lowest BCUT2D eigenvalue weighted by molar-refractivity contribution is -0.137. The van der Waals surface area contributed by atoms with Crippen molar-refractivity contribution >= 4 is 29.1 Å². The van der Waals surface area contributed by atoms with Crippen LogP contribution in [0.15, 0.2) is 18.2 Å². The van der Waals surface area contributed by atoms with E-state index in [0.29, 0.717) is 28.5 Å². The zero-order valence-electron chi connectivity index (χ0n) is 11.9. The fourth-order valence-corrected chi connectivity index (χ4v) is 4.08. The predicted octanol–water partition coefficient (Wildman–Crippen LogP) is 4.53. The molecule has 0 N–H and O–H groups in total. The van der Waals surface area contributed by atoms with Crippen LogP contribution in [0.1, 0.15) is 37.7 Å². The van der Waals surface area contributed by atoms with Crippen LogP contribution in [0.25, 0.3) is 0 Å². The molecular formula is C17H19Cl2NO. The molecule has 0 heterocycles. The minimum atomic E-state index is 0.275. The molecule has 3 aliphatic rings. The number of fused-ring (bicyclic) bond motifs is 1. The normalized spacial score (nSPS) is 30.1. The van der Waals surface area contributed by atoms with Crippen molar-refractivity contribution in [2.75, 3.05) is 0 Å². The molecular weight excluding hydrogens is 305 g/mol. The number of amides is 1. The number of hydrogen-bond acceptors (Lipinski definition) is 1. The van der Waals surface area contributed by atoms with Crippen molar-refractivity contribution < 1.29 is 4.79 Å². The molecule has 0 radical (unpaired) electrons. The van der Waals surface area contributed by atoms with Crippen LogP contribution in [0.3, 0.4) is 0 Å². The molecule has 4 heteroatoms. The summed E-state index contributed by atoms with van der Waals surface area (Å²) in [6.07, 6.45) is 5.89. The third-order valence-electron chi connectivity index (χ3n) is 5.20. The van der Waals surface area contributed by atoms with E-state index in [-0.39, 0.29) is 5.92 Å². The first-order chi connectivity index (χ1) is 10.1. The zero-order chi connectivity index (χ0) is 14.6. The molecule has 3 aliphatic carbocycles. The van der Waals surface area contributed by atoms with E-state index in [0.717, 1.165) is 43.1 Å². The van der Waals surface area contributed by atoms with Gasteiger partial charge < -0.3 is 4.90 Å². The Kier molecular flexibility index (Phi) is 3.42. The van der Waals surface area contributed by atoms with Crippen LogP contribution in [0.4, 0.5) is 0 Å². The van der Waals surface area contributed by atoms with E-state index >= 15 is 0 Å². The standard InChI is InChI=1S/C17H19Cl2NO/c18-15-4-1-10(5-16(15)19)9-20(14-2-3-14)17(21)13-7-11-6-12(11)8-13/h1,4-5,11-14H,2-3,6-9H2. The van der Waals surface area contributed by atoms with E-state index in [1.807, 2.05) is 18.2 Å². The third kappa shape index (κ3) is 2.80. The van der Waals surface area contributed by atoms with E-state index in [2.05, 4.69) is 4.90 Å². The van der Waals surface area contributed by atoms with E-state index < -0.39 is 0 Å². The summed E-state index contributed by atoms with van der Waals surface area (Å²) in [6.45, 7) is 0.673. The minimum absolute atomic E-state index is 0.275. The van der Waals surface area contributed by atoms with Gasteiger partial charge in [0.1, 0.15) is 0 Å². The van der Waals surface area contributed by atoms with Crippen LogP contribution in [0, 0.1) is 17.8 Å². The third-order valence-corrected chi connectivity index (χ3v) is 5.94. The van der Waals surface area contributed by atoms with Crippen LogP contribution >= 0.6 is 23.2 Å². The van der Waals surface area contributed by atoms with Gasteiger partial charge in [0, 0.05) is 18.5 Å². The summed E-state index contributed by atoms with van der Waals surface area (Å²) in [5.74, 6) is 2.35. The van der Waals surface area contributed by atoms with Gasteiger partial charge in [-0.2, -0.15) is 0 Å². The molecule has 2 nitrogen and oxygen atoms in total. The number of rotatable bonds is 4. The summed E-state index contributed by atoms with van der Waals surface area (Å²) in [6, 6.07) is 6.13. The van der Waals surface area contributed by atoms with Crippen LogP contribution in [0.5, 0.6) is 0 Å². The SMILES string of the molecule is O=C(C1CC2CC2C1)N(Cc1ccc(Cl)c(Cl)c1)C1CC1. The quantitative estimate of drug-likeness (QED) is 0.797. The minimum Gasteiger partial charge on any atom is -0.335 e. The maximum Gasteiger partial charge on any atom is 0.226 e. The molecule has 1 aromatic rings.